The summed E-state index contributed by atoms with van der Waals surface area (Å²) in [6.07, 6.45) is 2.56. The Kier molecular flexibility index (Phi) is 4.70. The summed E-state index contributed by atoms with van der Waals surface area (Å²) < 4.78 is 18.5. The predicted molar refractivity (Wildman–Crippen MR) is 75.9 cm³/mol. The first kappa shape index (κ1) is 15.2. The van der Waals surface area contributed by atoms with E-state index in [-0.39, 0.29) is 16.6 Å². The minimum atomic E-state index is -0.484. The first-order valence-electron chi connectivity index (χ1n) is 6.13. The minimum Gasteiger partial charge on any atom is -0.494 e. The van der Waals surface area contributed by atoms with Crippen LogP contribution in [0.2, 0.25) is 5.15 Å². The summed E-state index contributed by atoms with van der Waals surface area (Å²) in [5.74, 6) is -0.744. The summed E-state index contributed by atoms with van der Waals surface area (Å²) in [5.41, 5.74) is 0.754. The Morgan fingerprint density at radius 1 is 1.38 bits per heavy atom. The average molecular weight is 310 g/mol. The second-order valence-electron chi connectivity index (χ2n) is 4.31. The van der Waals surface area contributed by atoms with E-state index in [2.05, 4.69) is 15.3 Å². The number of ether oxygens (including phenoxy) is 1. The molecule has 1 aromatic carbocycles. The van der Waals surface area contributed by atoms with Crippen molar-refractivity contribution in [2.45, 2.75) is 13.0 Å². The normalized spacial score (nSPS) is 11.8. The fourth-order valence-electron chi connectivity index (χ4n) is 1.74. The lowest BCUT2D eigenvalue weighted by Crippen LogP contribution is -2.27. The van der Waals surface area contributed by atoms with Crippen molar-refractivity contribution in [2.24, 2.45) is 0 Å². The summed E-state index contributed by atoms with van der Waals surface area (Å²) in [6, 6.07) is 4.11. The van der Waals surface area contributed by atoms with Crippen LogP contribution in [0.4, 0.5) is 4.39 Å². The number of halogens is 2. The summed E-state index contributed by atoms with van der Waals surface area (Å²) in [4.78, 5) is 19.6. The van der Waals surface area contributed by atoms with E-state index in [4.69, 9.17) is 16.3 Å². The number of carbonyl (C=O) groups excluding carboxylic acids is 1. The molecule has 7 heteroatoms. The number of aromatic nitrogens is 2. The van der Waals surface area contributed by atoms with Crippen LogP contribution in [0, 0.1) is 5.82 Å². The van der Waals surface area contributed by atoms with Crippen LogP contribution in [0.5, 0.6) is 5.75 Å². The van der Waals surface area contributed by atoms with Gasteiger partial charge in [-0.25, -0.2) is 14.4 Å². The van der Waals surface area contributed by atoms with E-state index in [1.165, 1.54) is 31.6 Å². The number of carbonyl (C=O) groups is 1. The third-order valence-electron chi connectivity index (χ3n) is 2.88. The van der Waals surface area contributed by atoms with E-state index >= 15 is 0 Å². The molecule has 1 atom stereocenters. The maximum Gasteiger partial charge on any atom is 0.271 e. The van der Waals surface area contributed by atoms with Gasteiger partial charge in [0.1, 0.15) is 10.8 Å². The van der Waals surface area contributed by atoms with Gasteiger partial charge in [-0.05, 0) is 24.6 Å². The first-order valence-corrected chi connectivity index (χ1v) is 6.51. The molecule has 0 fully saturated rings. The van der Waals surface area contributed by atoms with E-state index in [0.717, 1.165) is 0 Å². The van der Waals surface area contributed by atoms with Gasteiger partial charge < -0.3 is 10.1 Å². The van der Waals surface area contributed by atoms with Gasteiger partial charge in [-0.2, -0.15) is 0 Å². The smallest absolute Gasteiger partial charge is 0.271 e. The lowest BCUT2D eigenvalue weighted by atomic mass is 10.1. The van der Waals surface area contributed by atoms with Crippen molar-refractivity contribution >= 4 is 17.5 Å². The third-order valence-corrected chi connectivity index (χ3v) is 3.07. The summed E-state index contributed by atoms with van der Waals surface area (Å²) in [7, 11) is 1.39. The van der Waals surface area contributed by atoms with Gasteiger partial charge in [0.2, 0.25) is 0 Å². The largest absolute Gasteiger partial charge is 0.494 e. The van der Waals surface area contributed by atoms with Crippen LogP contribution >= 0.6 is 11.6 Å². The molecule has 2 rings (SSSR count). The average Bonchev–Trinajstić information content (AvgIpc) is 2.47. The van der Waals surface area contributed by atoms with E-state index < -0.39 is 17.8 Å². The molecule has 0 saturated heterocycles. The molecule has 0 aliphatic rings. The second-order valence-corrected chi connectivity index (χ2v) is 4.70. The van der Waals surface area contributed by atoms with Crippen LogP contribution in [-0.4, -0.2) is 23.0 Å². The maximum absolute atomic E-state index is 13.6. The second kappa shape index (κ2) is 6.49. The fourth-order valence-corrected chi connectivity index (χ4v) is 1.83. The van der Waals surface area contributed by atoms with Gasteiger partial charge in [0.15, 0.2) is 11.6 Å². The number of methoxy groups -OCH3 is 1. The van der Waals surface area contributed by atoms with Gasteiger partial charge in [-0.15, -0.1) is 0 Å². The molecular weight excluding hydrogens is 297 g/mol. The van der Waals surface area contributed by atoms with Crippen LogP contribution in [0.25, 0.3) is 0 Å². The van der Waals surface area contributed by atoms with E-state index in [1.807, 2.05) is 0 Å². The SMILES string of the molecule is COc1ccc(C(C)NC(=O)c2cnc(Cl)cn2)cc1F. The Morgan fingerprint density at radius 2 is 2.14 bits per heavy atom. The molecule has 0 bridgehead atoms. The van der Waals surface area contributed by atoms with Crippen LogP contribution in [0.15, 0.2) is 30.6 Å². The molecule has 5 nitrogen and oxygen atoms in total. The van der Waals surface area contributed by atoms with Crippen molar-refractivity contribution in [3.05, 3.63) is 52.8 Å². The molecule has 1 heterocycles. The zero-order valence-corrected chi connectivity index (χ0v) is 12.2. The van der Waals surface area contributed by atoms with Crippen LogP contribution in [-0.2, 0) is 0 Å². The molecule has 1 aromatic heterocycles. The van der Waals surface area contributed by atoms with Gasteiger partial charge in [0, 0.05) is 0 Å². The highest BCUT2D eigenvalue weighted by Gasteiger charge is 2.14. The van der Waals surface area contributed by atoms with E-state index in [1.54, 1.807) is 13.0 Å². The van der Waals surface area contributed by atoms with Gasteiger partial charge >= 0.3 is 0 Å². The molecule has 1 N–H and O–H groups in total. The zero-order chi connectivity index (χ0) is 15.4. The molecule has 1 amide bonds. The molecule has 21 heavy (non-hydrogen) atoms. The maximum atomic E-state index is 13.6. The van der Waals surface area contributed by atoms with Crippen molar-refractivity contribution in [2.75, 3.05) is 7.11 Å². The highest BCUT2D eigenvalue weighted by Crippen LogP contribution is 2.21. The molecule has 0 spiro atoms. The molecule has 0 radical (unpaired) electrons. The number of hydrogen-bond donors (Lipinski definition) is 1. The van der Waals surface area contributed by atoms with E-state index in [0.29, 0.717) is 5.56 Å². The fraction of sp³-hybridized carbons (Fsp3) is 0.214. The predicted octanol–water partition coefficient (Wildman–Crippen LogP) is 2.77. The Labute approximate surface area is 126 Å². The number of amides is 1. The highest BCUT2D eigenvalue weighted by molar-refractivity contribution is 6.29. The van der Waals surface area contributed by atoms with Gasteiger partial charge in [0.25, 0.3) is 5.91 Å². The molecule has 2 aromatic rings. The summed E-state index contributed by atoms with van der Waals surface area (Å²) >= 11 is 5.61. The zero-order valence-electron chi connectivity index (χ0n) is 11.4. The number of hydrogen-bond acceptors (Lipinski definition) is 4. The topological polar surface area (TPSA) is 64.1 Å². The number of nitrogens with zero attached hydrogens (tertiary/aromatic N) is 2. The highest BCUT2D eigenvalue weighted by atomic mass is 35.5. The molecule has 110 valence electrons. The molecular formula is C14H13ClFN3O2. The van der Waals surface area contributed by atoms with Crippen molar-refractivity contribution in [3.63, 3.8) is 0 Å². The Bertz CT molecular complexity index is 649. The van der Waals surface area contributed by atoms with Crippen molar-refractivity contribution in [3.8, 4) is 5.75 Å². The van der Waals surface area contributed by atoms with Crippen LogP contribution in [0.3, 0.4) is 0 Å². The standard InChI is InChI=1S/C14H13ClFN3O2/c1-8(9-3-4-12(21-2)10(16)5-9)19-14(20)11-6-18-13(15)7-17-11/h3-8H,1-2H3,(H,19,20). The van der Waals surface area contributed by atoms with Gasteiger partial charge in [-0.1, -0.05) is 17.7 Å². The Balaban J connectivity index is 2.10. The molecule has 0 saturated carbocycles. The van der Waals surface area contributed by atoms with Crippen molar-refractivity contribution in [1.29, 1.82) is 0 Å². The lowest BCUT2D eigenvalue weighted by Gasteiger charge is -2.14. The summed E-state index contributed by atoms with van der Waals surface area (Å²) in [6.45, 7) is 1.74. The first-order chi connectivity index (χ1) is 10.0. The monoisotopic (exact) mass is 309 g/mol. The lowest BCUT2D eigenvalue weighted by molar-refractivity contribution is 0.0934. The Morgan fingerprint density at radius 3 is 2.71 bits per heavy atom. The van der Waals surface area contributed by atoms with Gasteiger partial charge in [0.05, 0.1) is 25.5 Å². The van der Waals surface area contributed by atoms with Crippen LogP contribution < -0.4 is 10.1 Å². The van der Waals surface area contributed by atoms with Gasteiger partial charge in [-0.3, -0.25) is 4.79 Å². The van der Waals surface area contributed by atoms with E-state index in [9.17, 15) is 9.18 Å². The van der Waals surface area contributed by atoms with Crippen LogP contribution in [0.1, 0.15) is 29.0 Å². The Hall–Kier alpha value is -2.21. The van der Waals surface area contributed by atoms with Crippen molar-refractivity contribution < 1.29 is 13.9 Å². The number of benzene rings is 1. The molecule has 0 aliphatic carbocycles. The third kappa shape index (κ3) is 3.66. The summed E-state index contributed by atoms with van der Waals surface area (Å²) in [5, 5.41) is 2.91. The van der Waals surface area contributed by atoms with Crippen molar-refractivity contribution in [1.82, 2.24) is 15.3 Å². The molecule has 0 aliphatic heterocycles. The number of rotatable bonds is 4. The minimum absolute atomic E-state index is 0.139. The quantitative estimate of drug-likeness (QED) is 0.943. The molecule has 1 unspecified atom stereocenters. The number of nitrogens with one attached hydrogen (secondary N) is 1.